The van der Waals surface area contributed by atoms with Crippen LogP contribution in [0.4, 0.5) is 5.69 Å². The predicted octanol–water partition coefficient (Wildman–Crippen LogP) is 1.92. The minimum Gasteiger partial charge on any atom is -0.495 e. The standard InChI is InChI=1S/C18H24N6O4S2/c1-28-15-8-5-13(11-16(15)30(26,27)23-9-3-2-4-10-23)19-17(25)12-29-18-20-21-22-24(18)14-6-7-14/h5,8,11,14H,2-4,6-7,9-10,12H2,1H3,(H,19,25). The number of nitrogens with one attached hydrogen (secondary N) is 1. The molecule has 1 saturated carbocycles. The molecule has 162 valence electrons. The number of aromatic nitrogens is 4. The van der Waals surface area contributed by atoms with E-state index in [0.29, 0.717) is 30.0 Å². The zero-order valence-corrected chi connectivity index (χ0v) is 18.3. The maximum Gasteiger partial charge on any atom is 0.246 e. The van der Waals surface area contributed by atoms with Gasteiger partial charge in [0.1, 0.15) is 10.6 Å². The lowest BCUT2D eigenvalue weighted by Gasteiger charge is -2.26. The van der Waals surface area contributed by atoms with Gasteiger partial charge in [-0.15, -0.1) is 5.10 Å². The molecule has 1 aromatic heterocycles. The zero-order chi connectivity index (χ0) is 21.1. The van der Waals surface area contributed by atoms with Gasteiger partial charge >= 0.3 is 0 Å². The molecule has 0 radical (unpaired) electrons. The number of benzene rings is 1. The number of piperidine rings is 1. The molecule has 2 aliphatic rings. The molecule has 12 heteroatoms. The van der Waals surface area contributed by atoms with Crippen LogP contribution >= 0.6 is 11.8 Å². The molecule has 2 heterocycles. The summed E-state index contributed by atoms with van der Waals surface area (Å²) >= 11 is 1.25. The van der Waals surface area contributed by atoms with Crippen molar-refractivity contribution in [2.75, 3.05) is 31.3 Å². The fraction of sp³-hybridized carbons (Fsp3) is 0.556. The van der Waals surface area contributed by atoms with Crippen LogP contribution in [0.2, 0.25) is 0 Å². The summed E-state index contributed by atoms with van der Waals surface area (Å²) in [5, 5.41) is 15.0. The van der Waals surface area contributed by atoms with Crippen molar-refractivity contribution in [3.63, 3.8) is 0 Å². The van der Waals surface area contributed by atoms with Gasteiger partial charge in [-0.25, -0.2) is 13.1 Å². The second-order valence-corrected chi connectivity index (χ2v) is 10.2. The lowest BCUT2D eigenvalue weighted by atomic mass is 10.2. The van der Waals surface area contributed by atoms with E-state index in [1.54, 1.807) is 16.8 Å². The summed E-state index contributed by atoms with van der Waals surface area (Å²) in [7, 11) is -2.26. The molecule has 1 aromatic carbocycles. The zero-order valence-electron chi connectivity index (χ0n) is 16.7. The van der Waals surface area contributed by atoms with Crippen LogP contribution in [0.25, 0.3) is 0 Å². The second-order valence-electron chi connectivity index (χ2n) is 7.30. The summed E-state index contributed by atoms with van der Waals surface area (Å²) in [5.41, 5.74) is 0.402. The van der Waals surface area contributed by atoms with E-state index < -0.39 is 10.0 Å². The summed E-state index contributed by atoms with van der Waals surface area (Å²) in [6, 6.07) is 4.98. The number of ether oxygens (including phenoxy) is 1. The van der Waals surface area contributed by atoms with Gasteiger partial charge in [-0.1, -0.05) is 18.2 Å². The van der Waals surface area contributed by atoms with Crippen molar-refractivity contribution in [3.05, 3.63) is 18.2 Å². The molecule has 1 N–H and O–H groups in total. The van der Waals surface area contributed by atoms with Crippen molar-refractivity contribution < 1.29 is 17.9 Å². The number of rotatable bonds is 8. The van der Waals surface area contributed by atoms with E-state index in [2.05, 4.69) is 20.8 Å². The molecular weight excluding hydrogens is 428 g/mol. The average molecular weight is 453 g/mol. The smallest absolute Gasteiger partial charge is 0.246 e. The molecule has 30 heavy (non-hydrogen) atoms. The summed E-state index contributed by atoms with van der Waals surface area (Å²) in [4.78, 5) is 12.5. The minimum absolute atomic E-state index is 0.0648. The highest BCUT2D eigenvalue weighted by molar-refractivity contribution is 7.99. The number of hydrogen-bond acceptors (Lipinski definition) is 8. The van der Waals surface area contributed by atoms with Gasteiger partial charge in [0.15, 0.2) is 0 Å². The third-order valence-corrected chi connectivity index (χ3v) is 7.92. The van der Waals surface area contributed by atoms with Crippen LogP contribution in [-0.4, -0.2) is 64.8 Å². The third kappa shape index (κ3) is 4.60. The number of thioether (sulfide) groups is 1. The molecule has 1 aliphatic heterocycles. The molecule has 2 aromatic rings. The number of anilines is 1. The highest BCUT2D eigenvalue weighted by Crippen LogP contribution is 2.36. The molecule has 0 unspecified atom stereocenters. The first-order valence-electron chi connectivity index (χ1n) is 9.88. The Hall–Kier alpha value is -2.18. The number of amides is 1. The SMILES string of the molecule is COc1ccc(NC(=O)CSc2nnnn2C2CC2)cc1S(=O)(=O)N1CCCCC1. The van der Waals surface area contributed by atoms with Crippen LogP contribution in [0.3, 0.4) is 0 Å². The Morgan fingerprint density at radius 1 is 1.27 bits per heavy atom. The predicted molar refractivity (Wildman–Crippen MR) is 111 cm³/mol. The number of nitrogens with zero attached hydrogens (tertiary/aromatic N) is 5. The summed E-state index contributed by atoms with van der Waals surface area (Å²) in [6.07, 6.45) is 4.81. The molecule has 1 aliphatic carbocycles. The molecule has 0 spiro atoms. The van der Waals surface area contributed by atoms with E-state index in [4.69, 9.17) is 4.74 Å². The first-order chi connectivity index (χ1) is 14.5. The highest BCUT2D eigenvalue weighted by Gasteiger charge is 2.30. The molecule has 1 amide bonds. The van der Waals surface area contributed by atoms with Crippen LogP contribution in [-0.2, 0) is 14.8 Å². The van der Waals surface area contributed by atoms with E-state index in [9.17, 15) is 13.2 Å². The van der Waals surface area contributed by atoms with E-state index in [1.165, 1.54) is 29.2 Å². The average Bonchev–Trinajstić information content (AvgIpc) is 3.50. The van der Waals surface area contributed by atoms with Gasteiger partial charge in [0.25, 0.3) is 0 Å². The fourth-order valence-electron chi connectivity index (χ4n) is 3.36. The first kappa shape index (κ1) is 21.1. The van der Waals surface area contributed by atoms with Crippen molar-refractivity contribution in [3.8, 4) is 5.75 Å². The summed E-state index contributed by atoms with van der Waals surface area (Å²) < 4.78 is 34.7. The first-order valence-corrected chi connectivity index (χ1v) is 12.3. The van der Waals surface area contributed by atoms with Crippen LogP contribution in [0, 0.1) is 0 Å². The second kappa shape index (κ2) is 8.90. The number of tetrazole rings is 1. The van der Waals surface area contributed by atoms with Crippen LogP contribution < -0.4 is 10.1 Å². The van der Waals surface area contributed by atoms with Gasteiger partial charge in [-0.3, -0.25) is 4.79 Å². The third-order valence-electron chi connectivity index (χ3n) is 5.07. The van der Waals surface area contributed by atoms with Gasteiger partial charge in [-0.05, 0) is 54.3 Å². The Labute approximate surface area is 179 Å². The van der Waals surface area contributed by atoms with Gasteiger partial charge in [0.2, 0.25) is 21.1 Å². The monoisotopic (exact) mass is 452 g/mol. The fourth-order valence-corrected chi connectivity index (χ4v) is 5.80. The number of sulfonamides is 1. The molecule has 4 rings (SSSR count). The van der Waals surface area contributed by atoms with Crippen LogP contribution in [0.15, 0.2) is 28.3 Å². The quantitative estimate of drug-likeness (QED) is 0.604. The van der Waals surface area contributed by atoms with Gasteiger partial charge in [0, 0.05) is 18.8 Å². The van der Waals surface area contributed by atoms with Crippen molar-refractivity contribution in [1.82, 2.24) is 24.5 Å². The van der Waals surface area contributed by atoms with Gasteiger partial charge in [0.05, 0.1) is 18.9 Å². The Bertz CT molecular complexity index is 1020. The van der Waals surface area contributed by atoms with Crippen molar-refractivity contribution in [1.29, 1.82) is 0 Å². The number of carbonyl (C=O) groups excluding carboxylic acids is 1. The van der Waals surface area contributed by atoms with Crippen molar-refractivity contribution >= 4 is 33.4 Å². The number of carbonyl (C=O) groups is 1. The largest absolute Gasteiger partial charge is 0.495 e. The Balaban J connectivity index is 1.45. The number of hydrogen-bond donors (Lipinski definition) is 1. The Kier molecular flexibility index (Phi) is 6.25. The minimum atomic E-state index is -3.70. The highest BCUT2D eigenvalue weighted by atomic mass is 32.2. The summed E-state index contributed by atoms with van der Waals surface area (Å²) in [6.45, 7) is 0.989. The van der Waals surface area contributed by atoms with Crippen molar-refractivity contribution in [2.45, 2.75) is 48.2 Å². The Morgan fingerprint density at radius 3 is 2.73 bits per heavy atom. The van der Waals surface area contributed by atoms with Crippen LogP contribution in [0.1, 0.15) is 38.1 Å². The van der Waals surface area contributed by atoms with E-state index >= 15 is 0 Å². The van der Waals surface area contributed by atoms with Gasteiger partial charge in [-0.2, -0.15) is 4.31 Å². The topological polar surface area (TPSA) is 119 Å². The summed E-state index contributed by atoms with van der Waals surface area (Å²) in [5.74, 6) is 0.112. The maximum atomic E-state index is 13.1. The molecule has 1 saturated heterocycles. The molecule has 0 atom stereocenters. The van der Waals surface area contributed by atoms with Crippen molar-refractivity contribution in [2.24, 2.45) is 0 Å². The van der Waals surface area contributed by atoms with E-state index in [-0.39, 0.29) is 22.3 Å². The maximum absolute atomic E-state index is 13.1. The molecule has 0 bridgehead atoms. The molecular formula is C18H24N6O4S2. The molecule has 2 fully saturated rings. The molecule has 10 nitrogen and oxygen atoms in total. The Morgan fingerprint density at radius 2 is 2.03 bits per heavy atom. The lowest BCUT2D eigenvalue weighted by molar-refractivity contribution is -0.113. The van der Waals surface area contributed by atoms with Gasteiger partial charge < -0.3 is 10.1 Å². The van der Waals surface area contributed by atoms with E-state index in [0.717, 1.165) is 32.1 Å². The number of methoxy groups -OCH3 is 1. The lowest BCUT2D eigenvalue weighted by Crippen LogP contribution is -2.35. The van der Waals surface area contributed by atoms with E-state index in [1.807, 2.05) is 0 Å². The normalized spacial score (nSPS) is 17.6. The van der Waals surface area contributed by atoms with Crippen LogP contribution in [0.5, 0.6) is 5.75 Å².